The van der Waals surface area contributed by atoms with Gasteiger partial charge in [0.15, 0.2) is 11.5 Å². The molecule has 0 bridgehead atoms. The molecule has 0 spiro atoms. The molecule has 0 radical (unpaired) electrons. The van der Waals surface area contributed by atoms with E-state index in [9.17, 15) is 9.90 Å². The summed E-state index contributed by atoms with van der Waals surface area (Å²) in [6.45, 7) is 0.542. The van der Waals surface area contributed by atoms with Crippen molar-refractivity contribution in [1.82, 2.24) is 10.3 Å². The number of hydrogen-bond acceptors (Lipinski definition) is 4. The number of carbonyl (C=O) groups is 1. The molecule has 3 N–H and O–H groups in total. The lowest BCUT2D eigenvalue weighted by atomic mass is 10.1. The zero-order chi connectivity index (χ0) is 18.5. The quantitative estimate of drug-likeness (QED) is 0.609. The standard InChI is InChI=1S/C20H22N2O4/c1-25-18-6-3-13(9-19(18)26-2)10-20(24)21-8-7-14-12-22-17-11-15(23)4-5-16(14)17/h3-6,9,11-12,22-23H,7-8,10H2,1-2H3,(H,21,24). The van der Waals surface area contributed by atoms with Crippen molar-refractivity contribution in [2.24, 2.45) is 0 Å². The van der Waals surface area contributed by atoms with E-state index in [0.717, 1.165) is 22.0 Å². The number of aromatic nitrogens is 1. The fourth-order valence-electron chi connectivity index (χ4n) is 2.96. The van der Waals surface area contributed by atoms with E-state index in [0.29, 0.717) is 24.5 Å². The van der Waals surface area contributed by atoms with Crippen molar-refractivity contribution in [3.05, 3.63) is 53.7 Å². The third-order valence-corrected chi connectivity index (χ3v) is 4.28. The fraction of sp³-hybridized carbons (Fsp3) is 0.250. The minimum atomic E-state index is -0.0466. The summed E-state index contributed by atoms with van der Waals surface area (Å²) in [6.07, 6.45) is 2.90. The molecule has 26 heavy (non-hydrogen) atoms. The van der Waals surface area contributed by atoms with E-state index in [2.05, 4.69) is 10.3 Å². The first-order valence-electron chi connectivity index (χ1n) is 8.37. The van der Waals surface area contributed by atoms with E-state index >= 15 is 0 Å². The van der Waals surface area contributed by atoms with Gasteiger partial charge < -0.3 is 24.9 Å². The molecule has 1 heterocycles. The maximum absolute atomic E-state index is 12.2. The Morgan fingerprint density at radius 1 is 1.12 bits per heavy atom. The molecule has 0 aliphatic rings. The molecular weight excluding hydrogens is 332 g/mol. The summed E-state index contributed by atoms with van der Waals surface area (Å²) in [6, 6.07) is 10.7. The Hall–Kier alpha value is -3.15. The van der Waals surface area contributed by atoms with Crippen LogP contribution in [0.25, 0.3) is 10.9 Å². The van der Waals surface area contributed by atoms with Crippen molar-refractivity contribution in [3.8, 4) is 17.2 Å². The Morgan fingerprint density at radius 2 is 1.92 bits per heavy atom. The average molecular weight is 354 g/mol. The van der Waals surface area contributed by atoms with Gasteiger partial charge in [-0.2, -0.15) is 0 Å². The Bertz CT molecular complexity index is 917. The van der Waals surface area contributed by atoms with Crippen LogP contribution < -0.4 is 14.8 Å². The zero-order valence-corrected chi connectivity index (χ0v) is 14.8. The van der Waals surface area contributed by atoms with Gasteiger partial charge in [0.25, 0.3) is 0 Å². The van der Waals surface area contributed by atoms with Gasteiger partial charge in [-0.05, 0) is 41.8 Å². The number of aromatic amines is 1. The van der Waals surface area contributed by atoms with E-state index in [-0.39, 0.29) is 18.1 Å². The summed E-state index contributed by atoms with van der Waals surface area (Å²) in [5.41, 5.74) is 2.85. The van der Waals surface area contributed by atoms with Crippen LogP contribution in [0.5, 0.6) is 17.2 Å². The van der Waals surface area contributed by atoms with Crippen LogP contribution in [0.4, 0.5) is 0 Å². The Morgan fingerprint density at radius 3 is 2.69 bits per heavy atom. The molecule has 0 saturated carbocycles. The Kier molecular flexibility index (Phi) is 5.31. The van der Waals surface area contributed by atoms with Crippen LogP contribution in [0.15, 0.2) is 42.6 Å². The number of phenols is 1. The van der Waals surface area contributed by atoms with Crippen LogP contribution in [0.1, 0.15) is 11.1 Å². The molecule has 136 valence electrons. The second-order valence-electron chi connectivity index (χ2n) is 6.01. The number of H-pyrrole nitrogens is 1. The highest BCUT2D eigenvalue weighted by Gasteiger charge is 2.09. The molecule has 0 saturated heterocycles. The predicted molar refractivity (Wildman–Crippen MR) is 99.9 cm³/mol. The summed E-state index contributed by atoms with van der Waals surface area (Å²) in [5.74, 6) is 1.44. The molecule has 6 nitrogen and oxygen atoms in total. The maximum atomic E-state index is 12.2. The third-order valence-electron chi connectivity index (χ3n) is 4.28. The molecular formula is C20H22N2O4. The number of hydrogen-bond donors (Lipinski definition) is 3. The highest BCUT2D eigenvalue weighted by Crippen LogP contribution is 2.27. The summed E-state index contributed by atoms with van der Waals surface area (Å²) in [4.78, 5) is 15.3. The zero-order valence-electron chi connectivity index (χ0n) is 14.8. The van der Waals surface area contributed by atoms with Crippen LogP contribution in [-0.4, -0.2) is 36.8 Å². The smallest absolute Gasteiger partial charge is 0.224 e. The van der Waals surface area contributed by atoms with Crippen molar-refractivity contribution in [3.63, 3.8) is 0 Å². The summed E-state index contributed by atoms with van der Waals surface area (Å²) < 4.78 is 10.5. The number of fused-ring (bicyclic) bond motifs is 1. The van der Waals surface area contributed by atoms with Crippen molar-refractivity contribution in [2.75, 3.05) is 20.8 Å². The van der Waals surface area contributed by atoms with Gasteiger partial charge in [0.1, 0.15) is 5.75 Å². The second kappa shape index (κ2) is 7.82. The first kappa shape index (κ1) is 17.7. The number of phenolic OH excluding ortho intramolecular Hbond substituents is 1. The van der Waals surface area contributed by atoms with Gasteiger partial charge in [0.2, 0.25) is 5.91 Å². The number of nitrogens with one attached hydrogen (secondary N) is 2. The minimum Gasteiger partial charge on any atom is -0.508 e. The molecule has 3 aromatic rings. The Balaban J connectivity index is 1.55. The van der Waals surface area contributed by atoms with E-state index in [4.69, 9.17) is 9.47 Å². The van der Waals surface area contributed by atoms with Crippen LogP contribution >= 0.6 is 0 Å². The molecule has 0 aliphatic heterocycles. The highest BCUT2D eigenvalue weighted by molar-refractivity contribution is 5.84. The molecule has 3 rings (SSSR count). The molecule has 2 aromatic carbocycles. The van der Waals surface area contributed by atoms with Crippen molar-refractivity contribution < 1.29 is 19.4 Å². The molecule has 0 atom stereocenters. The topological polar surface area (TPSA) is 83.6 Å². The van der Waals surface area contributed by atoms with Gasteiger partial charge >= 0.3 is 0 Å². The van der Waals surface area contributed by atoms with Gasteiger partial charge in [0, 0.05) is 29.7 Å². The number of rotatable bonds is 7. The highest BCUT2D eigenvalue weighted by atomic mass is 16.5. The number of aromatic hydroxyl groups is 1. The van der Waals surface area contributed by atoms with Gasteiger partial charge in [0.05, 0.1) is 20.6 Å². The molecule has 0 fully saturated rings. The van der Waals surface area contributed by atoms with Crippen molar-refractivity contribution in [1.29, 1.82) is 0 Å². The van der Waals surface area contributed by atoms with Crippen LogP contribution in [0, 0.1) is 0 Å². The number of benzene rings is 2. The maximum Gasteiger partial charge on any atom is 0.224 e. The fourth-order valence-corrected chi connectivity index (χ4v) is 2.96. The van der Waals surface area contributed by atoms with Gasteiger partial charge in [-0.15, -0.1) is 0 Å². The monoisotopic (exact) mass is 354 g/mol. The van der Waals surface area contributed by atoms with Gasteiger partial charge in [-0.3, -0.25) is 4.79 Å². The summed E-state index contributed by atoms with van der Waals surface area (Å²) in [5, 5.41) is 13.5. The third kappa shape index (κ3) is 3.91. The molecule has 6 heteroatoms. The van der Waals surface area contributed by atoms with Crippen LogP contribution in [-0.2, 0) is 17.6 Å². The van der Waals surface area contributed by atoms with E-state index in [1.807, 2.05) is 24.4 Å². The normalized spacial score (nSPS) is 10.7. The van der Waals surface area contributed by atoms with E-state index in [1.165, 1.54) is 0 Å². The van der Waals surface area contributed by atoms with Crippen molar-refractivity contribution in [2.45, 2.75) is 12.8 Å². The van der Waals surface area contributed by atoms with Crippen LogP contribution in [0.2, 0.25) is 0 Å². The second-order valence-corrected chi connectivity index (χ2v) is 6.01. The summed E-state index contributed by atoms with van der Waals surface area (Å²) in [7, 11) is 3.15. The number of methoxy groups -OCH3 is 2. The molecule has 1 aromatic heterocycles. The molecule has 0 unspecified atom stereocenters. The number of carbonyl (C=O) groups excluding carboxylic acids is 1. The summed E-state index contributed by atoms with van der Waals surface area (Å²) >= 11 is 0. The lowest BCUT2D eigenvalue weighted by Crippen LogP contribution is -2.27. The Labute approximate surface area is 151 Å². The molecule has 0 aliphatic carbocycles. The largest absolute Gasteiger partial charge is 0.508 e. The lowest BCUT2D eigenvalue weighted by molar-refractivity contribution is -0.120. The van der Waals surface area contributed by atoms with Crippen molar-refractivity contribution >= 4 is 16.8 Å². The van der Waals surface area contributed by atoms with E-state index in [1.54, 1.807) is 32.4 Å². The number of amides is 1. The van der Waals surface area contributed by atoms with Gasteiger partial charge in [-0.1, -0.05) is 6.07 Å². The average Bonchev–Trinajstić information content (AvgIpc) is 3.03. The molecule has 1 amide bonds. The van der Waals surface area contributed by atoms with E-state index < -0.39 is 0 Å². The first-order valence-corrected chi connectivity index (χ1v) is 8.37. The first-order chi connectivity index (χ1) is 12.6. The van der Waals surface area contributed by atoms with Gasteiger partial charge in [-0.25, -0.2) is 0 Å². The minimum absolute atomic E-state index is 0.0466. The predicted octanol–water partition coefficient (Wildman–Crippen LogP) is 2.79. The number of ether oxygens (including phenoxy) is 2. The van der Waals surface area contributed by atoms with Crippen LogP contribution in [0.3, 0.4) is 0 Å². The SMILES string of the molecule is COc1ccc(CC(=O)NCCc2c[nH]c3cc(O)ccc23)cc1OC. The lowest BCUT2D eigenvalue weighted by Gasteiger charge is -2.10.